The Labute approximate surface area is 102 Å². The summed E-state index contributed by atoms with van der Waals surface area (Å²) in [5.41, 5.74) is -0.572. The van der Waals surface area contributed by atoms with E-state index in [0.717, 1.165) is 0 Å². The Hall–Kier alpha value is -1.70. The van der Waals surface area contributed by atoms with Gasteiger partial charge in [0, 0.05) is 13.0 Å². The lowest BCUT2D eigenvalue weighted by molar-refractivity contribution is -0.145. The summed E-state index contributed by atoms with van der Waals surface area (Å²) in [4.78, 5) is 22.6. The molecule has 5 heteroatoms. The second-order valence-electron chi connectivity index (χ2n) is 4.51. The molecule has 0 saturated carbocycles. The van der Waals surface area contributed by atoms with Gasteiger partial charge < -0.3 is 14.8 Å². The molecular formula is C12H19NO4. The lowest BCUT2D eigenvalue weighted by atomic mass is 10.1. The fourth-order valence-corrected chi connectivity index (χ4v) is 1.07. The summed E-state index contributed by atoms with van der Waals surface area (Å²) in [5, 5.41) is 2.48. The summed E-state index contributed by atoms with van der Waals surface area (Å²) in [5.74, 6) is 1.37. The van der Waals surface area contributed by atoms with Gasteiger partial charge in [0.2, 0.25) is 0 Å². The number of nitrogens with one attached hydrogen (secondary N) is 1. The van der Waals surface area contributed by atoms with E-state index >= 15 is 0 Å². The summed E-state index contributed by atoms with van der Waals surface area (Å²) in [6.07, 6.45) is 4.76. The first-order valence-corrected chi connectivity index (χ1v) is 5.28. The Morgan fingerprint density at radius 3 is 2.41 bits per heavy atom. The summed E-state index contributed by atoms with van der Waals surface area (Å²) in [7, 11) is 1.28. The van der Waals surface area contributed by atoms with E-state index in [1.165, 1.54) is 7.11 Å². The van der Waals surface area contributed by atoms with Gasteiger partial charge in [-0.15, -0.1) is 12.3 Å². The Morgan fingerprint density at radius 2 is 2.00 bits per heavy atom. The molecule has 0 aliphatic rings. The molecule has 0 aromatic carbocycles. The molecule has 0 fully saturated rings. The predicted octanol–water partition coefficient (Wildman–Crippen LogP) is 1.32. The van der Waals surface area contributed by atoms with E-state index < -0.39 is 23.6 Å². The summed E-state index contributed by atoms with van der Waals surface area (Å²) < 4.78 is 9.60. The monoisotopic (exact) mass is 241 g/mol. The Morgan fingerprint density at radius 1 is 1.41 bits per heavy atom. The maximum atomic E-state index is 11.3. The number of hydrogen-bond acceptors (Lipinski definition) is 4. The van der Waals surface area contributed by atoms with Gasteiger partial charge in [0.1, 0.15) is 5.60 Å². The fraction of sp³-hybridized carbons (Fsp3) is 0.667. The fourth-order valence-electron chi connectivity index (χ4n) is 1.07. The largest absolute Gasteiger partial charge is 0.469 e. The second-order valence-corrected chi connectivity index (χ2v) is 4.51. The lowest BCUT2D eigenvalue weighted by Crippen LogP contribution is -2.37. The van der Waals surface area contributed by atoms with Crippen molar-refractivity contribution in [2.45, 2.75) is 32.8 Å². The van der Waals surface area contributed by atoms with Crippen molar-refractivity contribution in [3.05, 3.63) is 0 Å². The maximum absolute atomic E-state index is 11.3. The number of carbonyl (C=O) groups excluding carboxylic acids is 2. The van der Waals surface area contributed by atoms with Crippen LogP contribution in [0.4, 0.5) is 4.79 Å². The zero-order chi connectivity index (χ0) is 13.5. The van der Waals surface area contributed by atoms with Gasteiger partial charge in [0.15, 0.2) is 0 Å². The van der Waals surface area contributed by atoms with E-state index in [0.29, 0.717) is 0 Å². The molecule has 0 radical (unpaired) electrons. The lowest BCUT2D eigenvalue weighted by Gasteiger charge is -2.20. The second kappa shape index (κ2) is 6.79. The minimum absolute atomic E-state index is 0.103. The predicted molar refractivity (Wildman–Crippen MR) is 63.2 cm³/mol. The van der Waals surface area contributed by atoms with Crippen LogP contribution in [0.15, 0.2) is 0 Å². The normalized spacial score (nSPS) is 12.2. The van der Waals surface area contributed by atoms with Crippen LogP contribution in [-0.4, -0.2) is 31.3 Å². The number of amides is 1. The Balaban J connectivity index is 4.18. The van der Waals surface area contributed by atoms with Gasteiger partial charge in [-0.25, -0.2) is 4.79 Å². The zero-order valence-electron chi connectivity index (χ0n) is 10.7. The molecule has 0 spiro atoms. The molecular weight excluding hydrogens is 222 g/mol. The molecule has 0 bridgehead atoms. The van der Waals surface area contributed by atoms with Crippen molar-refractivity contribution in [1.29, 1.82) is 0 Å². The highest BCUT2D eigenvalue weighted by Crippen LogP contribution is 2.07. The molecule has 0 saturated heterocycles. The molecule has 0 aliphatic carbocycles. The zero-order valence-corrected chi connectivity index (χ0v) is 10.7. The molecule has 1 amide bonds. The van der Waals surface area contributed by atoms with Gasteiger partial charge in [-0.3, -0.25) is 4.79 Å². The van der Waals surface area contributed by atoms with E-state index in [2.05, 4.69) is 16.0 Å². The molecule has 96 valence electrons. The van der Waals surface area contributed by atoms with E-state index in [4.69, 9.17) is 11.2 Å². The van der Waals surface area contributed by atoms with Gasteiger partial charge >= 0.3 is 12.1 Å². The van der Waals surface area contributed by atoms with Gasteiger partial charge in [-0.05, 0) is 20.8 Å². The number of methoxy groups -OCH3 is 1. The molecule has 5 nitrogen and oxygen atoms in total. The molecule has 0 aliphatic heterocycles. The van der Waals surface area contributed by atoms with Crippen LogP contribution in [0.25, 0.3) is 0 Å². The number of ether oxygens (including phenoxy) is 2. The molecule has 0 aromatic rings. The van der Waals surface area contributed by atoms with Crippen molar-refractivity contribution < 1.29 is 19.1 Å². The highest BCUT2D eigenvalue weighted by Gasteiger charge is 2.21. The van der Waals surface area contributed by atoms with Gasteiger partial charge in [-0.2, -0.15) is 0 Å². The molecule has 0 aromatic heterocycles. The number of rotatable bonds is 4. The van der Waals surface area contributed by atoms with Gasteiger partial charge in [-0.1, -0.05) is 0 Å². The van der Waals surface area contributed by atoms with Crippen molar-refractivity contribution >= 4 is 12.1 Å². The highest BCUT2D eigenvalue weighted by atomic mass is 16.6. The highest BCUT2D eigenvalue weighted by molar-refractivity contribution is 5.74. The summed E-state index contributed by atoms with van der Waals surface area (Å²) in [6, 6.07) is 0. The van der Waals surface area contributed by atoms with Crippen molar-refractivity contribution in [1.82, 2.24) is 5.32 Å². The first-order valence-electron chi connectivity index (χ1n) is 5.28. The van der Waals surface area contributed by atoms with Crippen molar-refractivity contribution in [3.8, 4) is 12.3 Å². The molecule has 0 heterocycles. The SMILES string of the molecule is C#CC[C@H](CNC(=O)OC(C)(C)C)C(=O)OC. The Kier molecular flexibility index (Phi) is 6.11. The van der Waals surface area contributed by atoms with Crippen LogP contribution >= 0.6 is 0 Å². The van der Waals surface area contributed by atoms with Crippen molar-refractivity contribution in [3.63, 3.8) is 0 Å². The third-order valence-electron chi connectivity index (χ3n) is 1.79. The third kappa shape index (κ3) is 7.23. The minimum Gasteiger partial charge on any atom is -0.469 e. The van der Waals surface area contributed by atoms with Crippen LogP contribution in [0.2, 0.25) is 0 Å². The third-order valence-corrected chi connectivity index (χ3v) is 1.79. The van der Waals surface area contributed by atoms with Crippen LogP contribution in [0.3, 0.4) is 0 Å². The van der Waals surface area contributed by atoms with Crippen LogP contribution in [0.1, 0.15) is 27.2 Å². The number of terminal acetylenes is 1. The number of alkyl carbamates (subject to hydrolysis) is 1. The average molecular weight is 241 g/mol. The molecule has 1 atom stereocenters. The number of esters is 1. The molecule has 0 unspecified atom stereocenters. The molecule has 0 rings (SSSR count). The van der Waals surface area contributed by atoms with Crippen LogP contribution in [-0.2, 0) is 14.3 Å². The topological polar surface area (TPSA) is 64.6 Å². The van der Waals surface area contributed by atoms with Crippen molar-refractivity contribution in [2.24, 2.45) is 5.92 Å². The average Bonchev–Trinajstić information content (AvgIpc) is 2.20. The van der Waals surface area contributed by atoms with E-state index in [1.807, 2.05) is 0 Å². The smallest absolute Gasteiger partial charge is 0.407 e. The maximum Gasteiger partial charge on any atom is 0.407 e. The quantitative estimate of drug-likeness (QED) is 0.595. The summed E-state index contributed by atoms with van der Waals surface area (Å²) >= 11 is 0. The van der Waals surface area contributed by atoms with Gasteiger partial charge in [0.25, 0.3) is 0 Å². The van der Waals surface area contributed by atoms with Crippen molar-refractivity contribution in [2.75, 3.05) is 13.7 Å². The Bertz CT molecular complexity index is 311. The van der Waals surface area contributed by atoms with Gasteiger partial charge in [0.05, 0.1) is 13.0 Å². The molecule has 17 heavy (non-hydrogen) atoms. The number of hydrogen-bond donors (Lipinski definition) is 1. The standard InChI is InChI=1S/C12H19NO4/c1-6-7-9(10(14)16-5)8-13-11(15)17-12(2,3)4/h1,9H,7-8H2,2-5H3,(H,13,15)/t9-/m1/s1. The van der Waals surface area contributed by atoms with Crippen LogP contribution < -0.4 is 5.32 Å². The minimum atomic E-state index is -0.580. The van der Waals surface area contributed by atoms with E-state index in [1.54, 1.807) is 20.8 Å². The van der Waals surface area contributed by atoms with Crippen LogP contribution in [0, 0.1) is 18.3 Å². The summed E-state index contributed by atoms with van der Waals surface area (Å²) in [6.45, 7) is 5.37. The first-order chi connectivity index (χ1) is 7.80. The first kappa shape index (κ1) is 15.3. The molecule has 1 N–H and O–H groups in total. The number of carbonyl (C=O) groups is 2. The van der Waals surface area contributed by atoms with Crippen LogP contribution in [0.5, 0.6) is 0 Å². The van der Waals surface area contributed by atoms with E-state index in [9.17, 15) is 9.59 Å². The van der Waals surface area contributed by atoms with E-state index in [-0.39, 0.29) is 13.0 Å².